The monoisotopic (exact) mass is 332 g/mol. The van der Waals surface area contributed by atoms with E-state index in [4.69, 9.17) is 17.3 Å². The van der Waals surface area contributed by atoms with E-state index in [0.29, 0.717) is 18.0 Å². The lowest BCUT2D eigenvalue weighted by atomic mass is 9.95. The van der Waals surface area contributed by atoms with E-state index in [2.05, 4.69) is 5.32 Å². The highest BCUT2D eigenvalue weighted by Gasteiger charge is 2.18. The standard InChI is InChI=1S/C18H21ClN2O2/c19-15-8-6-13(7-9-15)16(18(20)23)10-11-21-17(12-22)14-4-2-1-3-5-14/h1-9,16-17,21-22H,10-12H2,(H2,20,23)/t16-,17?/m1/s1. The van der Waals surface area contributed by atoms with Crippen molar-refractivity contribution in [2.24, 2.45) is 5.73 Å². The molecule has 2 atom stereocenters. The summed E-state index contributed by atoms with van der Waals surface area (Å²) in [5.41, 5.74) is 7.38. The number of nitrogens with two attached hydrogens (primary N) is 1. The molecule has 0 bridgehead atoms. The van der Waals surface area contributed by atoms with Crippen molar-refractivity contribution in [2.45, 2.75) is 18.4 Å². The largest absolute Gasteiger partial charge is 0.394 e. The van der Waals surface area contributed by atoms with Gasteiger partial charge in [0.25, 0.3) is 0 Å². The Morgan fingerprint density at radius 3 is 2.30 bits per heavy atom. The molecule has 0 aliphatic carbocycles. The van der Waals surface area contributed by atoms with Crippen LogP contribution in [0.25, 0.3) is 0 Å². The maximum absolute atomic E-state index is 11.7. The Hall–Kier alpha value is -1.88. The van der Waals surface area contributed by atoms with Crippen LogP contribution in [-0.2, 0) is 4.79 Å². The van der Waals surface area contributed by atoms with Gasteiger partial charge in [-0.15, -0.1) is 0 Å². The van der Waals surface area contributed by atoms with Gasteiger partial charge in [0, 0.05) is 5.02 Å². The van der Waals surface area contributed by atoms with Gasteiger partial charge in [-0.2, -0.15) is 0 Å². The zero-order chi connectivity index (χ0) is 16.7. The first-order valence-corrected chi connectivity index (χ1v) is 7.93. The lowest BCUT2D eigenvalue weighted by Gasteiger charge is -2.19. The van der Waals surface area contributed by atoms with Crippen LogP contribution in [0.1, 0.15) is 29.5 Å². The summed E-state index contributed by atoms with van der Waals surface area (Å²) in [7, 11) is 0. The number of rotatable bonds is 8. The van der Waals surface area contributed by atoms with E-state index in [1.807, 2.05) is 42.5 Å². The van der Waals surface area contributed by atoms with E-state index in [1.165, 1.54) is 0 Å². The summed E-state index contributed by atoms with van der Waals surface area (Å²) in [4.78, 5) is 11.7. The highest BCUT2D eigenvalue weighted by atomic mass is 35.5. The second kappa shape index (κ2) is 8.67. The van der Waals surface area contributed by atoms with E-state index in [0.717, 1.165) is 11.1 Å². The van der Waals surface area contributed by atoms with Crippen LogP contribution in [0, 0.1) is 0 Å². The average Bonchev–Trinajstić information content (AvgIpc) is 2.57. The fourth-order valence-electron chi connectivity index (χ4n) is 2.54. The minimum atomic E-state index is -0.380. The zero-order valence-corrected chi connectivity index (χ0v) is 13.5. The molecule has 2 rings (SSSR count). The number of carbonyl (C=O) groups excluding carboxylic acids is 1. The molecular formula is C18H21ClN2O2. The summed E-state index contributed by atoms with van der Waals surface area (Å²) in [6.07, 6.45) is 0.556. The van der Waals surface area contributed by atoms with E-state index >= 15 is 0 Å². The molecule has 0 aliphatic rings. The molecule has 4 N–H and O–H groups in total. The van der Waals surface area contributed by atoms with E-state index in [-0.39, 0.29) is 24.5 Å². The topological polar surface area (TPSA) is 75.4 Å². The Balaban J connectivity index is 1.96. The Bertz CT molecular complexity index is 617. The van der Waals surface area contributed by atoms with Crippen molar-refractivity contribution in [3.63, 3.8) is 0 Å². The van der Waals surface area contributed by atoms with Gasteiger partial charge in [-0.05, 0) is 36.2 Å². The summed E-state index contributed by atoms with van der Waals surface area (Å²) in [5, 5.41) is 13.4. The molecule has 5 heteroatoms. The number of benzene rings is 2. The van der Waals surface area contributed by atoms with Crippen LogP contribution >= 0.6 is 11.6 Å². The van der Waals surface area contributed by atoms with Gasteiger partial charge >= 0.3 is 0 Å². The van der Waals surface area contributed by atoms with Crippen molar-refractivity contribution in [1.82, 2.24) is 5.32 Å². The highest BCUT2D eigenvalue weighted by Crippen LogP contribution is 2.21. The number of hydrogen-bond acceptors (Lipinski definition) is 3. The van der Waals surface area contributed by atoms with Gasteiger partial charge in [0.05, 0.1) is 18.6 Å². The molecular weight excluding hydrogens is 312 g/mol. The van der Waals surface area contributed by atoms with Gasteiger partial charge in [-0.25, -0.2) is 0 Å². The minimum Gasteiger partial charge on any atom is -0.394 e. The van der Waals surface area contributed by atoms with Crippen molar-refractivity contribution in [1.29, 1.82) is 0 Å². The predicted molar refractivity (Wildman–Crippen MR) is 92.3 cm³/mol. The second-order valence-corrected chi connectivity index (χ2v) is 5.83. The summed E-state index contributed by atoms with van der Waals surface area (Å²) in [5.74, 6) is -0.746. The maximum Gasteiger partial charge on any atom is 0.225 e. The third-order valence-corrected chi connectivity index (χ3v) is 4.08. The summed E-state index contributed by atoms with van der Waals surface area (Å²) >= 11 is 5.87. The van der Waals surface area contributed by atoms with Gasteiger partial charge in [-0.3, -0.25) is 4.79 Å². The highest BCUT2D eigenvalue weighted by molar-refractivity contribution is 6.30. The normalized spacial score (nSPS) is 13.5. The molecule has 0 fully saturated rings. The van der Waals surface area contributed by atoms with Crippen molar-refractivity contribution in [3.8, 4) is 0 Å². The summed E-state index contributed by atoms with van der Waals surface area (Å²) in [6.45, 7) is 0.558. The molecule has 0 aliphatic heterocycles. The smallest absolute Gasteiger partial charge is 0.225 e. The molecule has 0 spiro atoms. The molecule has 122 valence electrons. The number of nitrogens with one attached hydrogen (secondary N) is 1. The van der Waals surface area contributed by atoms with Gasteiger partial charge in [-0.1, -0.05) is 54.1 Å². The fourth-order valence-corrected chi connectivity index (χ4v) is 2.67. The molecule has 0 saturated heterocycles. The van der Waals surface area contributed by atoms with Crippen LogP contribution in [0.2, 0.25) is 5.02 Å². The molecule has 1 amide bonds. The first-order valence-electron chi connectivity index (χ1n) is 7.55. The number of carbonyl (C=O) groups is 1. The summed E-state index contributed by atoms with van der Waals surface area (Å²) < 4.78 is 0. The van der Waals surface area contributed by atoms with Crippen LogP contribution in [0.4, 0.5) is 0 Å². The lowest BCUT2D eigenvalue weighted by Crippen LogP contribution is -2.29. The van der Waals surface area contributed by atoms with Crippen LogP contribution < -0.4 is 11.1 Å². The Morgan fingerprint density at radius 1 is 1.09 bits per heavy atom. The SMILES string of the molecule is NC(=O)[C@H](CCNC(CO)c1ccccc1)c1ccc(Cl)cc1. The van der Waals surface area contributed by atoms with Gasteiger partial charge < -0.3 is 16.2 Å². The third kappa shape index (κ3) is 5.06. The van der Waals surface area contributed by atoms with E-state index in [1.54, 1.807) is 12.1 Å². The quantitative estimate of drug-likeness (QED) is 0.695. The number of primary amides is 1. The fraction of sp³-hybridized carbons (Fsp3) is 0.278. The lowest BCUT2D eigenvalue weighted by molar-refractivity contribution is -0.119. The zero-order valence-electron chi connectivity index (χ0n) is 12.8. The molecule has 1 unspecified atom stereocenters. The molecule has 0 aromatic heterocycles. The minimum absolute atomic E-state index is 0.00774. The van der Waals surface area contributed by atoms with Gasteiger partial charge in [0.15, 0.2) is 0 Å². The molecule has 4 nitrogen and oxygen atoms in total. The van der Waals surface area contributed by atoms with Gasteiger partial charge in [0.2, 0.25) is 5.91 Å². The Morgan fingerprint density at radius 2 is 1.74 bits per heavy atom. The molecule has 2 aromatic carbocycles. The molecule has 0 heterocycles. The maximum atomic E-state index is 11.7. The molecule has 0 saturated carbocycles. The number of amides is 1. The molecule has 23 heavy (non-hydrogen) atoms. The van der Waals surface area contributed by atoms with Crippen LogP contribution in [0.5, 0.6) is 0 Å². The van der Waals surface area contributed by atoms with Crippen molar-refractivity contribution in [3.05, 3.63) is 70.7 Å². The second-order valence-electron chi connectivity index (χ2n) is 5.40. The Kier molecular flexibility index (Phi) is 6.59. The third-order valence-electron chi connectivity index (χ3n) is 3.82. The number of aliphatic hydroxyl groups is 1. The van der Waals surface area contributed by atoms with E-state index < -0.39 is 0 Å². The first-order chi connectivity index (χ1) is 11.1. The van der Waals surface area contributed by atoms with Crippen molar-refractivity contribution < 1.29 is 9.90 Å². The number of hydrogen-bond donors (Lipinski definition) is 3. The Labute approximate surface area is 141 Å². The number of aliphatic hydroxyl groups excluding tert-OH is 1. The van der Waals surface area contributed by atoms with E-state index in [9.17, 15) is 9.90 Å². The molecule has 0 radical (unpaired) electrons. The number of halogens is 1. The first kappa shape index (κ1) is 17.5. The van der Waals surface area contributed by atoms with Crippen molar-refractivity contribution >= 4 is 17.5 Å². The van der Waals surface area contributed by atoms with Crippen molar-refractivity contribution in [2.75, 3.05) is 13.2 Å². The molecule has 2 aromatic rings. The van der Waals surface area contributed by atoms with Crippen LogP contribution in [0.15, 0.2) is 54.6 Å². The van der Waals surface area contributed by atoms with Crippen LogP contribution in [0.3, 0.4) is 0 Å². The predicted octanol–water partition coefficient (Wildman–Crippen LogP) is 2.62. The van der Waals surface area contributed by atoms with Gasteiger partial charge in [0.1, 0.15) is 0 Å². The average molecular weight is 333 g/mol. The van der Waals surface area contributed by atoms with Crippen LogP contribution in [-0.4, -0.2) is 24.2 Å². The summed E-state index contributed by atoms with van der Waals surface area (Å²) in [6, 6.07) is 16.7.